The topological polar surface area (TPSA) is 93.2 Å². The first-order valence-electron chi connectivity index (χ1n) is 13.2. The molecule has 3 N–H and O–H groups in total. The van der Waals surface area contributed by atoms with Crippen molar-refractivity contribution in [3.63, 3.8) is 0 Å². The first-order valence-corrected chi connectivity index (χ1v) is 13.2. The molecule has 0 spiro atoms. The molecule has 2 amide bonds. The van der Waals surface area contributed by atoms with Gasteiger partial charge >= 0.3 is 0 Å². The van der Waals surface area contributed by atoms with E-state index in [1.807, 2.05) is 11.2 Å². The number of carbonyl (C=O) groups excluding carboxylic acids is 2. The highest BCUT2D eigenvalue weighted by molar-refractivity contribution is 5.90. The zero-order valence-corrected chi connectivity index (χ0v) is 21.3. The Hall–Kier alpha value is -2.67. The van der Waals surface area contributed by atoms with Crippen molar-refractivity contribution in [1.29, 1.82) is 0 Å². The van der Waals surface area contributed by atoms with Gasteiger partial charge in [-0.15, -0.1) is 0 Å². The van der Waals surface area contributed by atoms with Crippen LogP contribution in [0.5, 0.6) is 0 Å². The normalized spacial score (nSPS) is 24.7. The molecule has 2 aromatic rings. The van der Waals surface area contributed by atoms with E-state index in [2.05, 4.69) is 59.9 Å². The van der Waals surface area contributed by atoms with Crippen LogP contribution in [0.4, 0.5) is 0 Å². The maximum Gasteiger partial charge on any atom is 0.243 e. The fraction of sp³-hybridized carbons (Fsp3) is 0.607. The summed E-state index contributed by atoms with van der Waals surface area (Å²) in [5.74, 6) is 0.141. The fourth-order valence-corrected chi connectivity index (χ4v) is 5.40. The molecule has 3 aliphatic rings. The van der Waals surface area contributed by atoms with E-state index < -0.39 is 6.04 Å². The first-order chi connectivity index (χ1) is 16.7. The van der Waals surface area contributed by atoms with Gasteiger partial charge in [0.05, 0.1) is 24.3 Å². The lowest BCUT2D eigenvalue weighted by Crippen LogP contribution is -2.55. The minimum Gasteiger partial charge on any atom is -0.352 e. The van der Waals surface area contributed by atoms with Crippen molar-refractivity contribution in [3.05, 3.63) is 53.1 Å². The Labute approximate surface area is 208 Å². The first kappa shape index (κ1) is 24.0. The van der Waals surface area contributed by atoms with Crippen molar-refractivity contribution >= 4 is 11.8 Å². The number of aromatic nitrogens is 2. The quantitative estimate of drug-likeness (QED) is 0.691. The Balaban J connectivity index is 1.33. The fourth-order valence-electron chi connectivity index (χ4n) is 5.40. The summed E-state index contributed by atoms with van der Waals surface area (Å²) < 4.78 is 2.14. The van der Waals surface area contributed by atoms with E-state index in [-0.39, 0.29) is 35.2 Å². The molecule has 7 heteroatoms. The number of nitrogens with one attached hydrogen (secondary N) is 1. The molecule has 2 saturated carbocycles. The van der Waals surface area contributed by atoms with E-state index in [9.17, 15) is 9.59 Å². The highest BCUT2D eigenvalue weighted by atomic mass is 16.2. The van der Waals surface area contributed by atoms with Crippen molar-refractivity contribution in [1.82, 2.24) is 19.8 Å². The summed E-state index contributed by atoms with van der Waals surface area (Å²) in [6, 6.07) is 8.64. The summed E-state index contributed by atoms with van der Waals surface area (Å²) >= 11 is 0. The monoisotopic (exact) mass is 477 g/mol. The van der Waals surface area contributed by atoms with Gasteiger partial charge in [0.25, 0.3) is 0 Å². The second-order valence-electron chi connectivity index (χ2n) is 11.8. The Bertz CT molecular complexity index is 1070. The zero-order chi connectivity index (χ0) is 24.7. The van der Waals surface area contributed by atoms with Gasteiger partial charge in [-0.3, -0.25) is 9.59 Å². The number of nitrogens with two attached hydrogens (primary N) is 1. The third-order valence-corrected chi connectivity index (χ3v) is 7.92. The molecule has 2 aliphatic carbocycles. The smallest absolute Gasteiger partial charge is 0.243 e. The standard InChI is InChI=1S/C28H39N5O2/c1-28(2,3)20-8-4-18(5-9-20)15-32-17-30-23-14-24(26(34)31-22-12-10-21(29)11-13-22)33(16-25(23)32)27(35)19-6-7-19/h4-5,8-9,17,19,21-22,24H,6-7,10-16,29H2,1-3H3,(H,31,34). The molecule has 5 rings (SSSR count). The average Bonchev–Trinajstić information content (AvgIpc) is 3.61. The highest BCUT2D eigenvalue weighted by Crippen LogP contribution is 2.35. The third kappa shape index (κ3) is 5.30. The van der Waals surface area contributed by atoms with E-state index >= 15 is 0 Å². The van der Waals surface area contributed by atoms with Gasteiger partial charge in [-0.2, -0.15) is 0 Å². The number of imidazole rings is 1. The van der Waals surface area contributed by atoms with Gasteiger partial charge in [-0.1, -0.05) is 45.0 Å². The van der Waals surface area contributed by atoms with E-state index in [1.54, 1.807) is 0 Å². The SMILES string of the molecule is CC(C)(C)c1ccc(Cn2cnc3c2CN(C(=O)C2CC2)C(C(=O)NC2CCC(N)CC2)C3)cc1. The van der Waals surface area contributed by atoms with Crippen LogP contribution in [0.3, 0.4) is 0 Å². The molecular formula is C28H39N5O2. The summed E-state index contributed by atoms with van der Waals surface area (Å²) in [4.78, 5) is 33.1. The van der Waals surface area contributed by atoms with Gasteiger partial charge in [0.15, 0.2) is 0 Å². The molecule has 0 bridgehead atoms. The van der Waals surface area contributed by atoms with Crippen LogP contribution in [0.1, 0.15) is 81.8 Å². The van der Waals surface area contributed by atoms with Gasteiger partial charge in [0, 0.05) is 31.0 Å². The number of carbonyl (C=O) groups is 2. The second kappa shape index (κ2) is 9.41. The van der Waals surface area contributed by atoms with Crippen molar-refractivity contribution in [3.8, 4) is 0 Å². The Morgan fingerprint density at radius 3 is 2.37 bits per heavy atom. The Morgan fingerprint density at radius 1 is 1.06 bits per heavy atom. The summed E-state index contributed by atoms with van der Waals surface area (Å²) in [6.45, 7) is 7.80. The maximum absolute atomic E-state index is 13.4. The van der Waals surface area contributed by atoms with Crippen molar-refractivity contribution < 1.29 is 9.59 Å². The molecule has 0 radical (unpaired) electrons. The van der Waals surface area contributed by atoms with Gasteiger partial charge < -0.3 is 20.5 Å². The second-order valence-corrected chi connectivity index (χ2v) is 11.8. The molecule has 2 fully saturated rings. The summed E-state index contributed by atoms with van der Waals surface area (Å²) in [5.41, 5.74) is 10.6. The number of rotatable bonds is 5. The van der Waals surface area contributed by atoms with Gasteiger partial charge in [0.1, 0.15) is 6.04 Å². The highest BCUT2D eigenvalue weighted by Gasteiger charge is 2.42. The minimum atomic E-state index is -0.486. The maximum atomic E-state index is 13.4. The average molecular weight is 478 g/mol. The van der Waals surface area contributed by atoms with Crippen molar-refractivity contribution in [2.24, 2.45) is 11.7 Å². The summed E-state index contributed by atoms with van der Waals surface area (Å²) in [7, 11) is 0. The number of hydrogen-bond acceptors (Lipinski definition) is 4. The predicted octanol–water partition coefficient (Wildman–Crippen LogP) is 3.28. The van der Waals surface area contributed by atoms with Gasteiger partial charge in [-0.25, -0.2) is 4.98 Å². The lowest BCUT2D eigenvalue weighted by molar-refractivity contribution is -0.143. The van der Waals surface area contributed by atoms with Crippen LogP contribution in [0, 0.1) is 5.92 Å². The van der Waals surface area contributed by atoms with Gasteiger partial charge in [-0.05, 0) is 55.1 Å². The van der Waals surface area contributed by atoms with Crippen LogP contribution >= 0.6 is 0 Å². The molecule has 1 aromatic carbocycles. The van der Waals surface area contributed by atoms with Crippen LogP contribution in [0.15, 0.2) is 30.6 Å². The van der Waals surface area contributed by atoms with Crippen LogP contribution in [-0.2, 0) is 34.5 Å². The molecule has 188 valence electrons. The zero-order valence-electron chi connectivity index (χ0n) is 21.3. The molecule has 0 saturated heterocycles. The number of hydrogen-bond donors (Lipinski definition) is 2. The lowest BCUT2D eigenvalue weighted by atomic mass is 9.87. The van der Waals surface area contributed by atoms with Crippen LogP contribution < -0.4 is 11.1 Å². The van der Waals surface area contributed by atoms with E-state index in [0.717, 1.165) is 49.9 Å². The molecule has 1 unspecified atom stereocenters. The van der Waals surface area contributed by atoms with Crippen LogP contribution in [-0.4, -0.2) is 44.4 Å². The molecular weight excluding hydrogens is 438 g/mol. The van der Waals surface area contributed by atoms with E-state index in [4.69, 9.17) is 5.73 Å². The number of amides is 2. The number of fused-ring (bicyclic) bond motifs is 1. The molecule has 7 nitrogen and oxygen atoms in total. The van der Waals surface area contributed by atoms with E-state index in [1.165, 1.54) is 11.1 Å². The molecule has 1 aliphatic heterocycles. The van der Waals surface area contributed by atoms with E-state index in [0.29, 0.717) is 19.5 Å². The summed E-state index contributed by atoms with van der Waals surface area (Å²) in [6.07, 6.45) is 7.88. The summed E-state index contributed by atoms with van der Waals surface area (Å²) in [5, 5.41) is 3.23. The van der Waals surface area contributed by atoms with Crippen molar-refractivity contribution in [2.45, 2.75) is 102 Å². The number of nitrogens with zero attached hydrogens (tertiary/aromatic N) is 3. The van der Waals surface area contributed by atoms with Crippen LogP contribution in [0.25, 0.3) is 0 Å². The van der Waals surface area contributed by atoms with Crippen LogP contribution in [0.2, 0.25) is 0 Å². The largest absolute Gasteiger partial charge is 0.352 e. The van der Waals surface area contributed by atoms with Crippen molar-refractivity contribution in [2.75, 3.05) is 0 Å². The minimum absolute atomic E-state index is 0.0440. The third-order valence-electron chi connectivity index (χ3n) is 7.92. The van der Waals surface area contributed by atoms with Gasteiger partial charge in [0.2, 0.25) is 11.8 Å². The number of benzene rings is 1. The molecule has 35 heavy (non-hydrogen) atoms. The predicted molar refractivity (Wildman–Crippen MR) is 136 cm³/mol. The Morgan fingerprint density at radius 2 is 1.74 bits per heavy atom. The molecule has 1 atom stereocenters. The molecule has 2 heterocycles. The lowest BCUT2D eigenvalue weighted by Gasteiger charge is -2.36. The Kier molecular flexibility index (Phi) is 6.47. The molecule has 1 aromatic heterocycles.